The molecular weight excluding hydrogens is 374 g/mol. The van der Waals surface area contributed by atoms with Gasteiger partial charge in [-0.3, -0.25) is 14.9 Å². The number of thiazole rings is 1. The molecular formula is C18H12ClN3O3S. The number of ether oxygens (including phenoxy) is 1. The van der Waals surface area contributed by atoms with Crippen molar-refractivity contribution < 1.29 is 9.53 Å². The molecule has 0 bridgehead atoms. The second kappa shape index (κ2) is 6.44. The van der Waals surface area contributed by atoms with E-state index in [1.54, 1.807) is 36.4 Å². The van der Waals surface area contributed by atoms with Gasteiger partial charge in [-0.05, 0) is 30.3 Å². The number of nitrogens with zero attached hydrogens (tertiary/aromatic N) is 1. The number of aromatic nitrogens is 2. The molecule has 4 aromatic rings. The summed E-state index contributed by atoms with van der Waals surface area (Å²) in [6, 6.07) is 10.4. The van der Waals surface area contributed by atoms with Crippen LogP contribution in [0.15, 0.2) is 47.4 Å². The molecule has 2 heterocycles. The molecule has 130 valence electrons. The van der Waals surface area contributed by atoms with E-state index in [4.69, 9.17) is 16.3 Å². The molecule has 6 nitrogen and oxygen atoms in total. The molecule has 2 N–H and O–H groups in total. The van der Waals surface area contributed by atoms with E-state index < -0.39 is 5.91 Å². The first-order valence-corrected chi connectivity index (χ1v) is 8.82. The summed E-state index contributed by atoms with van der Waals surface area (Å²) in [6.45, 7) is 0. The number of carbonyl (C=O) groups excluding carboxylic acids is 1. The van der Waals surface area contributed by atoms with E-state index in [-0.39, 0.29) is 11.0 Å². The lowest BCUT2D eigenvalue weighted by atomic mass is 10.1. The molecule has 0 aliphatic heterocycles. The lowest BCUT2D eigenvalue weighted by molar-refractivity contribution is 0.102. The van der Waals surface area contributed by atoms with Crippen LogP contribution in [0.3, 0.4) is 0 Å². The summed E-state index contributed by atoms with van der Waals surface area (Å²) >= 11 is 7.26. The standard InChI is InChI=1S/C18H12ClN3O3S/c1-25-13-4-2-3-10-15(13)20-8-11(16(10)23)17(24)22-18-21-12-6-5-9(19)7-14(12)26-18/h2-8H,1H3,(H,20,23)(H,21,22,24). The third-order valence-corrected chi connectivity index (χ3v) is 5.08. The monoisotopic (exact) mass is 385 g/mol. The molecule has 0 fully saturated rings. The number of carbonyl (C=O) groups is 1. The molecule has 0 unspecified atom stereocenters. The molecule has 2 aromatic carbocycles. The average Bonchev–Trinajstić information content (AvgIpc) is 3.02. The fraction of sp³-hybridized carbons (Fsp3) is 0.0556. The summed E-state index contributed by atoms with van der Waals surface area (Å²) in [6.07, 6.45) is 1.38. The third-order valence-electron chi connectivity index (χ3n) is 3.91. The Morgan fingerprint density at radius 1 is 1.31 bits per heavy atom. The van der Waals surface area contributed by atoms with Gasteiger partial charge in [-0.15, -0.1) is 0 Å². The Hall–Kier alpha value is -2.90. The van der Waals surface area contributed by atoms with Crippen molar-refractivity contribution in [3.63, 3.8) is 0 Å². The zero-order chi connectivity index (χ0) is 18.3. The van der Waals surface area contributed by atoms with Crippen LogP contribution in [-0.4, -0.2) is 23.0 Å². The predicted molar refractivity (Wildman–Crippen MR) is 104 cm³/mol. The first-order valence-electron chi connectivity index (χ1n) is 7.62. The van der Waals surface area contributed by atoms with Crippen molar-refractivity contribution in [2.45, 2.75) is 0 Å². The molecule has 0 saturated carbocycles. The van der Waals surface area contributed by atoms with Crippen molar-refractivity contribution in [1.82, 2.24) is 9.97 Å². The van der Waals surface area contributed by atoms with Gasteiger partial charge in [0.2, 0.25) is 5.43 Å². The number of methoxy groups -OCH3 is 1. The SMILES string of the molecule is COc1cccc2c(=O)c(C(=O)Nc3nc4ccc(Cl)cc4s3)c[nH]c12. The van der Waals surface area contributed by atoms with Crippen LogP contribution in [0.25, 0.3) is 21.1 Å². The van der Waals surface area contributed by atoms with Crippen molar-refractivity contribution in [2.75, 3.05) is 12.4 Å². The number of rotatable bonds is 3. The number of hydrogen-bond acceptors (Lipinski definition) is 5. The number of anilines is 1. The van der Waals surface area contributed by atoms with Crippen LogP contribution < -0.4 is 15.5 Å². The molecule has 26 heavy (non-hydrogen) atoms. The maximum absolute atomic E-state index is 12.7. The smallest absolute Gasteiger partial charge is 0.262 e. The van der Waals surface area contributed by atoms with Gasteiger partial charge in [-0.2, -0.15) is 0 Å². The zero-order valence-electron chi connectivity index (χ0n) is 13.5. The topological polar surface area (TPSA) is 84.1 Å². The van der Waals surface area contributed by atoms with E-state index in [2.05, 4.69) is 15.3 Å². The highest BCUT2D eigenvalue weighted by Gasteiger charge is 2.16. The lowest BCUT2D eigenvalue weighted by Crippen LogP contribution is -2.22. The van der Waals surface area contributed by atoms with Gasteiger partial charge in [-0.25, -0.2) is 4.98 Å². The molecule has 2 aromatic heterocycles. The van der Waals surface area contributed by atoms with Gasteiger partial charge in [-0.1, -0.05) is 29.0 Å². The number of fused-ring (bicyclic) bond motifs is 2. The summed E-state index contributed by atoms with van der Waals surface area (Å²) < 4.78 is 6.08. The van der Waals surface area contributed by atoms with Crippen molar-refractivity contribution >= 4 is 55.1 Å². The number of aromatic amines is 1. The van der Waals surface area contributed by atoms with E-state index in [0.29, 0.717) is 26.8 Å². The van der Waals surface area contributed by atoms with E-state index in [1.807, 2.05) is 0 Å². The van der Waals surface area contributed by atoms with E-state index in [1.165, 1.54) is 24.6 Å². The Morgan fingerprint density at radius 2 is 2.15 bits per heavy atom. The van der Waals surface area contributed by atoms with Gasteiger partial charge in [0.25, 0.3) is 5.91 Å². The minimum Gasteiger partial charge on any atom is -0.495 e. The van der Waals surface area contributed by atoms with Gasteiger partial charge in [0, 0.05) is 11.2 Å². The van der Waals surface area contributed by atoms with Crippen molar-refractivity contribution in [3.8, 4) is 5.75 Å². The zero-order valence-corrected chi connectivity index (χ0v) is 15.1. The number of amides is 1. The number of nitrogens with one attached hydrogen (secondary N) is 2. The second-order valence-corrected chi connectivity index (χ2v) is 6.97. The summed E-state index contributed by atoms with van der Waals surface area (Å²) in [5.41, 5.74) is 0.903. The fourth-order valence-electron chi connectivity index (χ4n) is 2.68. The lowest BCUT2D eigenvalue weighted by Gasteiger charge is -2.06. The highest BCUT2D eigenvalue weighted by molar-refractivity contribution is 7.22. The van der Waals surface area contributed by atoms with E-state index in [0.717, 1.165) is 10.2 Å². The molecule has 0 radical (unpaired) electrons. The highest BCUT2D eigenvalue weighted by Crippen LogP contribution is 2.28. The molecule has 4 rings (SSSR count). The van der Waals surface area contributed by atoms with Crippen LogP contribution in [-0.2, 0) is 0 Å². The van der Waals surface area contributed by atoms with Gasteiger partial charge >= 0.3 is 0 Å². The number of pyridine rings is 1. The molecule has 0 atom stereocenters. The maximum atomic E-state index is 12.7. The first kappa shape index (κ1) is 16.6. The summed E-state index contributed by atoms with van der Waals surface area (Å²) in [7, 11) is 1.52. The number of H-pyrrole nitrogens is 1. The third kappa shape index (κ3) is 2.81. The average molecular weight is 386 g/mol. The molecule has 8 heteroatoms. The second-order valence-electron chi connectivity index (χ2n) is 5.50. The van der Waals surface area contributed by atoms with Crippen molar-refractivity contribution in [3.05, 3.63) is 63.4 Å². The molecule has 0 aliphatic carbocycles. The number of hydrogen-bond donors (Lipinski definition) is 2. The van der Waals surface area contributed by atoms with Crippen molar-refractivity contribution in [2.24, 2.45) is 0 Å². The van der Waals surface area contributed by atoms with Crippen LogP contribution >= 0.6 is 22.9 Å². The van der Waals surface area contributed by atoms with Gasteiger partial charge in [0.1, 0.15) is 11.3 Å². The Balaban J connectivity index is 1.71. The first-order chi connectivity index (χ1) is 12.6. The van der Waals surface area contributed by atoms with Crippen LogP contribution in [0.4, 0.5) is 5.13 Å². The van der Waals surface area contributed by atoms with Crippen LogP contribution in [0, 0.1) is 0 Å². The normalized spacial score (nSPS) is 11.0. The highest BCUT2D eigenvalue weighted by atomic mass is 35.5. The van der Waals surface area contributed by atoms with Gasteiger partial charge in [0.05, 0.1) is 28.2 Å². The van der Waals surface area contributed by atoms with E-state index >= 15 is 0 Å². The summed E-state index contributed by atoms with van der Waals surface area (Å²) in [5.74, 6) is 0.00994. The van der Waals surface area contributed by atoms with Crippen LogP contribution in [0.1, 0.15) is 10.4 Å². The Kier molecular flexibility index (Phi) is 4.10. The molecule has 1 amide bonds. The van der Waals surface area contributed by atoms with Gasteiger partial charge < -0.3 is 9.72 Å². The number of halogens is 1. The summed E-state index contributed by atoms with van der Waals surface area (Å²) in [4.78, 5) is 32.5. The molecule has 0 aliphatic rings. The molecule has 0 spiro atoms. The quantitative estimate of drug-likeness (QED) is 0.557. The fourth-order valence-corrected chi connectivity index (χ4v) is 3.82. The maximum Gasteiger partial charge on any atom is 0.262 e. The Labute approximate surface area is 156 Å². The minimum absolute atomic E-state index is 0.00282. The Bertz CT molecular complexity index is 1220. The summed E-state index contributed by atoms with van der Waals surface area (Å²) in [5, 5.41) is 4.05. The number of benzene rings is 2. The van der Waals surface area contributed by atoms with Crippen molar-refractivity contribution in [1.29, 1.82) is 0 Å². The van der Waals surface area contributed by atoms with Gasteiger partial charge in [0.15, 0.2) is 5.13 Å². The largest absolute Gasteiger partial charge is 0.495 e. The van der Waals surface area contributed by atoms with Crippen LogP contribution in [0.2, 0.25) is 5.02 Å². The Morgan fingerprint density at radius 3 is 2.96 bits per heavy atom. The van der Waals surface area contributed by atoms with E-state index in [9.17, 15) is 9.59 Å². The minimum atomic E-state index is -0.527. The number of para-hydroxylation sites is 1. The van der Waals surface area contributed by atoms with Crippen LogP contribution in [0.5, 0.6) is 5.75 Å². The predicted octanol–water partition coefficient (Wildman–Crippen LogP) is 4.05. The molecule has 0 saturated heterocycles.